The van der Waals surface area contributed by atoms with Crippen LogP contribution in [0.4, 0.5) is 13.2 Å². The van der Waals surface area contributed by atoms with Gasteiger partial charge in [0.2, 0.25) is 0 Å². The maximum atomic E-state index is 13.1. The summed E-state index contributed by atoms with van der Waals surface area (Å²) in [6, 6.07) is 6.68. The van der Waals surface area contributed by atoms with Crippen LogP contribution >= 0.6 is 0 Å². The van der Waals surface area contributed by atoms with Gasteiger partial charge in [-0.05, 0) is 24.6 Å². The Hall–Kier alpha value is -2.24. The normalized spacial score (nSPS) is 11.5. The minimum Gasteiger partial charge on any atom is -0.464 e. The first-order valence-corrected chi connectivity index (χ1v) is 6.34. The van der Waals surface area contributed by atoms with Crippen molar-refractivity contribution in [2.45, 2.75) is 19.6 Å². The van der Waals surface area contributed by atoms with E-state index in [1.54, 1.807) is 17.7 Å². The Morgan fingerprint density at radius 1 is 1.19 bits per heavy atom. The Labute approximate surface area is 120 Å². The van der Waals surface area contributed by atoms with Crippen molar-refractivity contribution in [3.8, 4) is 11.1 Å². The van der Waals surface area contributed by atoms with E-state index in [0.29, 0.717) is 6.54 Å². The fourth-order valence-corrected chi connectivity index (χ4v) is 2.24. The van der Waals surface area contributed by atoms with Gasteiger partial charge in [0.1, 0.15) is 5.69 Å². The van der Waals surface area contributed by atoms with Crippen molar-refractivity contribution in [1.82, 2.24) is 4.57 Å². The van der Waals surface area contributed by atoms with Crippen molar-refractivity contribution in [3.05, 3.63) is 47.8 Å². The molecule has 21 heavy (non-hydrogen) atoms. The number of rotatable bonds is 3. The van der Waals surface area contributed by atoms with Gasteiger partial charge in [0.15, 0.2) is 0 Å². The molecule has 0 spiro atoms. The summed E-state index contributed by atoms with van der Waals surface area (Å²) in [5.41, 5.74) is -0.463. The largest absolute Gasteiger partial charge is 0.464 e. The maximum absolute atomic E-state index is 13.1. The van der Waals surface area contributed by atoms with E-state index in [1.165, 1.54) is 31.4 Å². The van der Waals surface area contributed by atoms with Crippen LogP contribution in [0, 0.1) is 0 Å². The van der Waals surface area contributed by atoms with E-state index in [-0.39, 0.29) is 16.8 Å². The molecule has 0 bridgehead atoms. The van der Waals surface area contributed by atoms with Gasteiger partial charge in [-0.2, -0.15) is 13.2 Å². The minimum absolute atomic E-state index is 0.0300. The van der Waals surface area contributed by atoms with Gasteiger partial charge < -0.3 is 9.30 Å². The Kier molecular flexibility index (Phi) is 4.06. The molecule has 0 saturated heterocycles. The highest BCUT2D eigenvalue weighted by Gasteiger charge is 2.34. The SMILES string of the molecule is CCn1ccc(-c2ccccc2C(F)(F)F)c1C(=O)OC. The van der Waals surface area contributed by atoms with Crippen molar-refractivity contribution in [1.29, 1.82) is 0 Å². The van der Waals surface area contributed by atoms with E-state index in [0.717, 1.165) is 6.07 Å². The molecule has 0 amide bonds. The Morgan fingerprint density at radius 3 is 2.43 bits per heavy atom. The van der Waals surface area contributed by atoms with Crippen LogP contribution in [-0.2, 0) is 17.5 Å². The monoisotopic (exact) mass is 297 g/mol. The minimum atomic E-state index is -4.49. The molecule has 0 aliphatic carbocycles. The Balaban J connectivity index is 2.69. The summed E-state index contributed by atoms with van der Waals surface area (Å²) in [5.74, 6) is -0.658. The number of hydrogen-bond donors (Lipinski definition) is 0. The number of carbonyl (C=O) groups is 1. The summed E-state index contributed by atoms with van der Waals surface area (Å²) in [6.45, 7) is 2.25. The van der Waals surface area contributed by atoms with E-state index in [1.807, 2.05) is 0 Å². The van der Waals surface area contributed by atoms with E-state index in [9.17, 15) is 18.0 Å². The molecular formula is C15H14F3NO2. The first-order valence-electron chi connectivity index (χ1n) is 6.34. The molecule has 6 heteroatoms. The van der Waals surface area contributed by atoms with Crippen LogP contribution in [-0.4, -0.2) is 17.6 Å². The Morgan fingerprint density at radius 2 is 1.86 bits per heavy atom. The van der Waals surface area contributed by atoms with Gasteiger partial charge in [-0.15, -0.1) is 0 Å². The average molecular weight is 297 g/mol. The van der Waals surface area contributed by atoms with Gasteiger partial charge >= 0.3 is 12.1 Å². The van der Waals surface area contributed by atoms with Crippen molar-refractivity contribution in [2.24, 2.45) is 0 Å². The van der Waals surface area contributed by atoms with Gasteiger partial charge in [0, 0.05) is 18.3 Å². The van der Waals surface area contributed by atoms with Crippen LogP contribution in [0.5, 0.6) is 0 Å². The van der Waals surface area contributed by atoms with E-state index in [4.69, 9.17) is 0 Å². The molecule has 0 saturated carbocycles. The van der Waals surface area contributed by atoms with Gasteiger partial charge in [0.05, 0.1) is 12.7 Å². The lowest BCUT2D eigenvalue weighted by molar-refractivity contribution is -0.137. The first-order chi connectivity index (χ1) is 9.90. The topological polar surface area (TPSA) is 31.2 Å². The third kappa shape index (κ3) is 2.79. The summed E-state index contributed by atoms with van der Waals surface area (Å²) < 4.78 is 45.6. The maximum Gasteiger partial charge on any atom is 0.417 e. The predicted molar refractivity (Wildman–Crippen MR) is 71.9 cm³/mol. The number of aromatic nitrogens is 1. The highest BCUT2D eigenvalue weighted by molar-refractivity contribution is 5.96. The fourth-order valence-electron chi connectivity index (χ4n) is 2.24. The molecular weight excluding hydrogens is 283 g/mol. The van der Waals surface area contributed by atoms with Gasteiger partial charge in [-0.3, -0.25) is 0 Å². The van der Waals surface area contributed by atoms with Gasteiger partial charge in [-0.1, -0.05) is 18.2 Å². The van der Waals surface area contributed by atoms with Crippen molar-refractivity contribution in [2.75, 3.05) is 7.11 Å². The standard InChI is InChI=1S/C15H14F3NO2/c1-3-19-9-8-11(13(19)14(20)21-2)10-6-4-5-7-12(10)15(16,17)18/h4-9H,3H2,1-2H3. The molecule has 0 fully saturated rings. The van der Waals surface area contributed by atoms with E-state index >= 15 is 0 Å². The number of carbonyl (C=O) groups excluding carboxylic acids is 1. The molecule has 2 rings (SSSR count). The first kappa shape index (κ1) is 15.2. The van der Waals surface area contributed by atoms with Crippen LogP contribution in [0.3, 0.4) is 0 Å². The number of nitrogens with zero attached hydrogens (tertiary/aromatic N) is 1. The second kappa shape index (κ2) is 5.63. The van der Waals surface area contributed by atoms with E-state index < -0.39 is 17.7 Å². The molecule has 1 heterocycles. The van der Waals surface area contributed by atoms with Crippen LogP contribution in [0.15, 0.2) is 36.5 Å². The highest BCUT2D eigenvalue weighted by atomic mass is 19.4. The summed E-state index contributed by atoms with van der Waals surface area (Å²) in [7, 11) is 1.20. The summed E-state index contributed by atoms with van der Waals surface area (Å²) in [6.07, 6.45) is -2.91. The molecule has 0 unspecified atom stereocenters. The van der Waals surface area contributed by atoms with Crippen LogP contribution in [0.1, 0.15) is 23.0 Å². The molecule has 2 aromatic rings. The lowest BCUT2D eigenvalue weighted by atomic mass is 9.99. The molecule has 112 valence electrons. The summed E-state index contributed by atoms with van der Waals surface area (Å²) in [4.78, 5) is 11.9. The fraction of sp³-hybridized carbons (Fsp3) is 0.267. The lowest BCUT2D eigenvalue weighted by Gasteiger charge is -2.13. The predicted octanol–water partition coefficient (Wildman–Crippen LogP) is 3.98. The molecule has 1 aromatic carbocycles. The van der Waals surface area contributed by atoms with Crippen molar-refractivity contribution in [3.63, 3.8) is 0 Å². The average Bonchev–Trinajstić information content (AvgIpc) is 2.89. The number of alkyl halides is 3. The van der Waals surface area contributed by atoms with E-state index in [2.05, 4.69) is 4.74 Å². The number of ether oxygens (including phenoxy) is 1. The summed E-state index contributed by atoms with van der Waals surface area (Å²) in [5, 5.41) is 0. The third-order valence-corrected chi connectivity index (χ3v) is 3.21. The van der Waals surface area contributed by atoms with Gasteiger partial charge in [0.25, 0.3) is 0 Å². The number of benzene rings is 1. The van der Waals surface area contributed by atoms with Crippen LogP contribution in [0.2, 0.25) is 0 Å². The quantitative estimate of drug-likeness (QED) is 0.802. The molecule has 0 aliphatic heterocycles. The van der Waals surface area contributed by atoms with Crippen LogP contribution in [0.25, 0.3) is 11.1 Å². The number of esters is 1. The molecule has 0 N–H and O–H groups in total. The summed E-state index contributed by atoms with van der Waals surface area (Å²) >= 11 is 0. The molecule has 0 radical (unpaired) electrons. The van der Waals surface area contributed by atoms with Crippen LogP contribution < -0.4 is 0 Å². The third-order valence-electron chi connectivity index (χ3n) is 3.21. The molecule has 0 aliphatic rings. The zero-order valence-electron chi connectivity index (χ0n) is 11.6. The second-order valence-electron chi connectivity index (χ2n) is 4.40. The zero-order valence-corrected chi connectivity index (χ0v) is 11.6. The number of methoxy groups -OCH3 is 1. The highest BCUT2D eigenvalue weighted by Crippen LogP contribution is 2.38. The van der Waals surface area contributed by atoms with Gasteiger partial charge in [-0.25, -0.2) is 4.79 Å². The number of hydrogen-bond acceptors (Lipinski definition) is 2. The number of halogens is 3. The molecule has 1 aromatic heterocycles. The van der Waals surface area contributed by atoms with Crippen molar-refractivity contribution < 1.29 is 22.7 Å². The zero-order chi connectivity index (χ0) is 15.6. The second-order valence-corrected chi connectivity index (χ2v) is 4.40. The lowest BCUT2D eigenvalue weighted by Crippen LogP contribution is -2.12. The molecule has 3 nitrogen and oxygen atoms in total. The molecule has 0 atom stereocenters. The van der Waals surface area contributed by atoms with Crippen molar-refractivity contribution >= 4 is 5.97 Å². The smallest absolute Gasteiger partial charge is 0.417 e. The number of aryl methyl sites for hydroxylation is 1. The Bertz CT molecular complexity index is 659.